The Morgan fingerprint density at radius 2 is 1.82 bits per heavy atom. The number of sulfonamides is 1. The van der Waals surface area contributed by atoms with Crippen molar-refractivity contribution in [3.8, 4) is 0 Å². The Kier molecular flexibility index (Phi) is 6.51. The molecule has 4 rings (SSSR count). The smallest absolute Gasteiger partial charge is 0.318 e. The molecule has 1 fully saturated rings. The van der Waals surface area contributed by atoms with Gasteiger partial charge in [0.25, 0.3) is 11.8 Å². The van der Waals surface area contributed by atoms with Crippen LogP contribution in [0.2, 0.25) is 0 Å². The van der Waals surface area contributed by atoms with Gasteiger partial charge in [-0.2, -0.15) is 5.01 Å². The van der Waals surface area contributed by atoms with Crippen molar-refractivity contribution < 1.29 is 22.8 Å². The van der Waals surface area contributed by atoms with Crippen molar-refractivity contribution in [2.45, 2.75) is 30.3 Å². The van der Waals surface area contributed by atoms with Crippen LogP contribution < -0.4 is 15.5 Å². The maximum absolute atomic E-state index is 13.2. The lowest BCUT2D eigenvalue weighted by Crippen LogP contribution is -2.48. The molecule has 0 bridgehead atoms. The number of nitrogens with one attached hydrogen (secondary N) is 3. The van der Waals surface area contributed by atoms with Crippen molar-refractivity contribution in [1.29, 1.82) is 0 Å². The van der Waals surface area contributed by atoms with Gasteiger partial charge in [0, 0.05) is 17.0 Å². The maximum Gasteiger partial charge on any atom is 0.344 e. The number of carbonyl (C=O) groups excluding carboxylic acids is 3. The highest BCUT2D eigenvalue weighted by atomic mass is 32.2. The average molecular weight is 499 g/mol. The summed E-state index contributed by atoms with van der Waals surface area (Å²) < 4.78 is 27.8. The Labute approximate surface area is 200 Å². The number of benzene rings is 2. The molecule has 1 aromatic heterocycles. The molecular weight excluding hydrogens is 476 g/mol. The first-order chi connectivity index (χ1) is 16.3. The van der Waals surface area contributed by atoms with Crippen LogP contribution >= 0.6 is 11.3 Å². The molecule has 4 amide bonds. The molecule has 2 aromatic carbocycles. The molecule has 34 heavy (non-hydrogen) atoms. The summed E-state index contributed by atoms with van der Waals surface area (Å²) in [4.78, 5) is 39.4. The normalized spacial score (nSPS) is 18.1. The van der Waals surface area contributed by atoms with E-state index in [4.69, 9.17) is 0 Å². The van der Waals surface area contributed by atoms with E-state index in [0.717, 1.165) is 4.88 Å². The van der Waals surface area contributed by atoms with E-state index < -0.39 is 33.4 Å². The molecule has 3 N–H and O–H groups in total. The minimum absolute atomic E-state index is 0.0201. The standard InChI is InChI=1S/C23H22N4O5S2/c1-2-23(17-9-4-3-5-10-17)21(29)27(22(30)25-23)26-20(28)16-8-6-12-19(14-16)34(31,32)24-15-18-11-7-13-33-18/h3-14,24H,2,15H2,1H3,(H,25,30)(H,26,28)/t23-/m0/s1. The SMILES string of the molecule is CC[C@@]1(c2ccccc2)NC(=O)N(NC(=O)c2cccc(S(=O)(=O)NCc3cccs3)c2)C1=O. The van der Waals surface area contributed by atoms with Crippen LogP contribution in [0.5, 0.6) is 0 Å². The number of nitrogens with zero attached hydrogens (tertiary/aromatic N) is 1. The quantitative estimate of drug-likeness (QED) is 0.412. The van der Waals surface area contributed by atoms with Crippen LogP contribution in [0.3, 0.4) is 0 Å². The van der Waals surface area contributed by atoms with Gasteiger partial charge in [0.15, 0.2) is 0 Å². The Morgan fingerprint density at radius 3 is 2.50 bits per heavy atom. The van der Waals surface area contributed by atoms with Crippen LogP contribution in [-0.2, 0) is 26.9 Å². The molecule has 0 unspecified atom stereocenters. The van der Waals surface area contributed by atoms with Crippen LogP contribution in [-0.4, -0.2) is 31.3 Å². The lowest BCUT2D eigenvalue weighted by Gasteiger charge is -2.25. The van der Waals surface area contributed by atoms with Gasteiger partial charge >= 0.3 is 6.03 Å². The van der Waals surface area contributed by atoms with E-state index in [0.29, 0.717) is 10.6 Å². The predicted octanol–water partition coefficient (Wildman–Crippen LogP) is 2.73. The number of hydrazine groups is 1. The van der Waals surface area contributed by atoms with Crippen LogP contribution in [0.25, 0.3) is 0 Å². The third-order valence-electron chi connectivity index (χ3n) is 5.52. The molecule has 0 saturated carbocycles. The van der Waals surface area contributed by atoms with Gasteiger partial charge in [-0.1, -0.05) is 49.4 Å². The highest BCUT2D eigenvalue weighted by Crippen LogP contribution is 2.31. The number of rotatable bonds is 8. The molecule has 11 heteroatoms. The second-order valence-corrected chi connectivity index (χ2v) is 10.4. The molecule has 3 aromatic rings. The zero-order valence-electron chi connectivity index (χ0n) is 18.1. The number of hydrogen-bond donors (Lipinski definition) is 3. The number of carbonyl (C=O) groups is 3. The van der Waals surface area contributed by atoms with Crippen LogP contribution in [0, 0.1) is 0 Å². The van der Waals surface area contributed by atoms with Gasteiger partial charge in [0.1, 0.15) is 5.54 Å². The molecule has 1 saturated heterocycles. The van der Waals surface area contributed by atoms with E-state index in [2.05, 4.69) is 15.5 Å². The number of imide groups is 1. The van der Waals surface area contributed by atoms with Crippen molar-refractivity contribution in [2.75, 3.05) is 0 Å². The first-order valence-corrected chi connectivity index (χ1v) is 12.8. The first-order valence-electron chi connectivity index (χ1n) is 10.4. The molecule has 2 heterocycles. The van der Waals surface area contributed by atoms with E-state index in [-0.39, 0.29) is 23.4 Å². The summed E-state index contributed by atoms with van der Waals surface area (Å²) in [6.45, 7) is 1.88. The molecule has 1 aliphatic rings. The monoisotopic (exact) mass is 498 g/mol. The number of urea groups is 1. The molecule has 0 aliphatic carbocycles. The minimum Gasteiger partial charge on any atom is -0.318 e. The largest absolute Gasteiger partial charge is 0.344 e. The van der Waals surface area contributed by atoms with Gasteiger partial charge < -0.3 is 5.32 Å². The van der Waals surface area contributed by atoms with Crippen molar-refractivity contribution in [2.24, 2.45) is 0 Å². The zero-order chi connectivity index (χ0) is 24.3. The fraction of sp³-hybridized carbons (Fsp3) is 0.174. The highest BCUT2D eigenvalue weighted by Gasteiger charge is 2.52. The van der Waals surface area contributed by atoms with Gasteiger partial charge in [-0.25, -0.2) is 17.9 Å². The van der Waals surface area contributed by atoms with E-state index in [1.54, 1.807) is 43.3 Å². The Bertz CT molecular complexity index is 1330. The van der Waals surface area contributed by atoms with Crippen molar-refractivity contribution in [1.82, 2.24) is 20.5 Å². The number of hydrogen-bond acceptors (Lipinski definition) is 6. The van der Waals surface area contributed by atoms with Crippen LogP contribution in [0.4, 0.5) is 4.79 Å². The topological polar surface area (TPSA) is 125 Å². The Morgan fingerprint density at radius 1 is 1.06 bits per heavy atom. The van der Waals surface area contributed by atoms with Gasteiger partial charge in [-0.15, -0.1) is 11.3 Å². The minimum atomic E-state index is -3.88. The van der Waals surface area contributed by atoms with E-state index in [1.165, 1.54) is 35.6 Å². The van der Waals surface area contributed by atoms with Gasteiger partial charge in [-0.05, 0) is 41.6 Å². The number of thiophene rings is 1. The van der Waals surface area contributed by atoms with E-state index in [9.17, 15) is 22.8 Å². The summed E-state index contributed by atoms with van der Waals surface area (Å²) in [5.41, 5.74) is 1.58. The van der Waals surface area contributed by atoms with E-state index in [1.807, 2.05) is 11.4 Å². The highest BCUT2D eigenvalue weighted by molar-refractivity contribution is 7.89. The van der Waals surface area contributed by atoms with Crippen molar-refractivity contribution in [3.63, 3.8) is 0 Å². The molecule has 9 nitrogen and oxygen atoms in total. The fourth-order valence-corrected chi connectivity index (χ4v) is 5.46. The molecular formula is C23H22N4O5S2. The second-order valence-electron chi connectivity index (χ2n) is 7.57. The van der Waals surface area contributed by atoms with Gasteiger partial charge in [0.05, 0.1) is 4.90 Å². The third kappa shape index (κ3) is 4.45. The third-order valence-corrected chi connectivity index (χ3v) is 7.80. The first kappa shape index (κ1) is 23.6. The fourth-order valence-electron chi connectivity index (χ4n) is 3.67. The predicted molar refractivity (Wildman–Crippen MR) is 126 cm³/mol. The van der Waals surface area contributed by atoms with Crippen molar-refractivity contribution >= 4 is 39.2 Å². The van der Waals surface area contributed by atoms with Crippen molar-refractivity contribution in [3.05, 3.63) is 88.1 Å². The zero-order valence-corrected chi connectivity index (χ0v) is 19.8. The Hall–Kier alpha value is -3.54. The van der Waals surface area contributed by atoms with E-state index >= 15 is 0 Å². The molecule has 176 valence electrons. The van der Waals surface area contributed by atoms with Gasteiger partial charge in [-0.3, -0.25) is 15.0 Å². The summed E-state index contributed by atoms with van der Waals surface area (Å²) in [7, 11) is -3.88. The number of amides is 4. The summed E-state index contributed by atoms with van der Waals surface area (Å²) in [6.07, 6.45) is 0.275. The summed E-state index contributed by atoms with van der Waals surface area (Å²) in [6, 6.07) is 17.0. The van der Waals surface area contributed by atoms with Crippen LogP contribution in [0.1, 0.15) is 34.1 Å². The lowest BCUT2D eigenvalue weighted by molar-refractivity contribution is -0.133. The maximum atomic E-state index is 13.2. The summed E-state index contributed by atoms with van der Waals surface area (Å²) in [5, 5.41) is 5.15. The molecule has 1 atom stereocenters. The van der Waals surface area contributed by atoms with Gasteiger partial charge in [0.2, 0.25) is 10.0 Å². The molecule has 0 spiro atoms. The Balaban J connectivity index is 1.52. The molecule has 0 radical (unpaired) electrons. The molecule has 1 aliphatic heterocycles. The lowest BCUT2D eigenvalue weighted by atomic mass is 9.87. The van der Waals surface area contributed by atoms with Crippen LogP contribution in [0.15, 0.2) is 77.0 Å². The second kappa shape index (κ2) is 9.37. The average Bonchev–Trinajstić information content (AvgIpc) is 3.46. The summed E-state index contributed by atoms with van der Waals surface area (Å²) >= 11 is 1.42. The summed E-state index contributed by atoms with van der Waals surface area (Å²) in [5.74, 6) is -1.42.